The number of benzene rings is 2. The predicted octanol–water partition coefficient (Wildman–Crippen LogP) is 5.44. The van der Waals surface area contributed by atoms with Crippen LogP contribution in [0.3, 0.4) is 0 Å². The van der Waals surface area contributed by atoms with E-state index in [1.54, 1.807) is 22.8 Å². The van der Waals surface area contributed by atoms with Gasteiger partial charge in [-0.3, -0.25) is 9.47 Å². The lowest BCUT2D eigenvalue weighted by Crippen LogP contribution is -2.30. The van der Waals surface area contributed by atoms with Gasteiger partial charge < -0.3 is 0 Å². The molecular formula is C23H22F3N5S. The molecule has 2 heterocycles. The van der Waals surface area contributed by atoms with Gasteiger partial charge in [-0.05, 0) is 55.8 Å². The molecule has 1 aliphatic rings. The summed E-state index contributed by atoms with van der Waals surface area (Å²) in [5.74, 6) is 1.01. The van der Waals surface area contributed by atoms with Crippen LogP contribution in [0.2, 0.25) is 0 Å². The van der Waals surface area contributed by atoms with Crippen molar-refractivity contribution in [1.82, 2.24) is 19.7 Å². The Bertz CT molecular complexity index is 1100. The molecule has 0 bridgehead atoms. The van der Waals surface area contributed by atoms with Gasteiger partial charge in [0.05, 0.1) is 29.4 Å². The quantitative estimate of drug-likeness (QED) is 0.462. The molecule has 166 valence electrons. The Kier molecular flexibility index (Phi) is 6.82. The number of nitrogens with zero attached hydrogens (tertiary/aromatic N) is 5. The first-order valence-electron chi connectivity index (χ1n) is 10.4. The van der Waals surface area contributed by atoms with Crippen LogP contribution in [-0.2, 0) is 18.5 Å². The Balaban J connectivity index is 1.68. The van der Waals surface area contributed by atoms with Crippen molar-refractivity contribution in [3.8, 4) is 11.8 Å². The second-order valence-corrected chi connectivity index (χ2v) is 8.63. The molecule has 0 radical (unpaired) electrons. The third-order valence-electron chi connectivity index (χ3n) is 5.42. The van der Waals surface area contributed by atoms with E-state index in [-0.39, 0.29) is 5.69 Å². The van der Waals surface area contributed by atoms with Gasteiger partial charge in [0.2, 0.25) is 0 Å². The van der Waals surface area contributed by atoms with Crippen molar-refractivity contribution >= 4 is 11.8 Å². The van der Waals surface area contributed by atoms with Crippen LogP contribution in [0.25, 0.3) is 5.69 Å². The Labute approximate surface area is 188 Å². The highest BCUT2D eigenvalue weighted by molar-refractivity contribution is 7.98. The second-order valence-electron chi connectivity index (χ2n) is 7.68. The van der Waals surface area contributed by atoms with Gasteiger partial charge in [0.25, 0.3) is 0 Å². The second kappa shape index (κ2) is 9.76. The number of rotatable bonds is 6. The molecule has 1 aliphatic heterocycles. The van der Waals surface area contributed by atoms with Crippen molar-refractivity contribution in [3.05, 3.63) is 71.0 Å². The highest BCUT2D eigenvalue weighted by atomic mass is 32.2. The minimum atomic E-state index is -4.49. The zero-order valence-electron chi connectivity index (χ0n) is 17.3. The first kappa shape index (κ1) is 22.4. The number of halogens is 3. The fraction of sp³-hybridized carbons (Fsp3) is 0.348. The number of hydrogen-bond donors (Lipinski definition) is 0. The van der Waals surface area contributed by atoms with Crippen LogP contribution < -0.4 is 0 Å². The lowest BCUT2D eigenvalue weighted by molar-refractivity contribution is -0.137. The van der Waals surface area contributed by atoms with E-state index in [2.05, 4.69) is 21.2 Å². The number of aromatic nitrogens is 3. The van der Waals surface area contributed by atoms with Gasteiger partial charge in [0.1, 0.15) is 0 Å². The predicted molar refractivity (Wildman–Crippen MR) is 116 cm³/mol. The summed E-state index contributed by atoms with van der Waals surface area (Å²) in [5.41, 5.74) is 0.842. The minimum absolute atomic E-state index is 0.0411. The zero-order valence-corrected chi connectivity index (χ0v) is 18.2. The molecule has 9 heteroatoms. The minimum Gasteiger partial charge on any atom is -0.296 e. The molecular weight excluding hydrogens is 435 g/mol. The van der Waals surface area contributed by atoms with Crippen LogP contribution in [0.1, 0.15) is 41.8 Å². The van der Waals surface area contributed by atoms with Gasteiger partial charge in [-0.1, -0.05) is 42.4 Å². The molecule has 4 rings (SSSR count). The SMILES string of the molecule is N#Cc1ccc(CSc2nnc(CN3CCCCC3)n2-c2ccccc2C(F)(F)F)cc1. The molecule has 0 amide bonds. The van der Waals surface area contributed by atoms with E-state index in [4.69, 9.17) is 5.26 Å². The average molecular weight is 458 g/mol. The molecule has 0 atom stereocenters. The van der Waals surface area contributed by atoms with Gasteiger partial charge >= 0.3 is 6.18 Å². The number of likely N-dealkylation sites (tertiary alicyclic amines) is 1. The molecule has 0 saturated carbocycles. The molecule has 0 aliphatic carbocycles. The van der Waals surface area contributed by atoms with Crippen LogP contribution in [0.5, 0.6) is 0 Å². The van der Waals surface area contributed by atoms with Crippen LogP contribution in [0, 0.1) is 11.3 Å². The molecule has 0 spiro atoms. The van der Waals surface area contributed by atoms with Gasteiger partial charge in [0, 0.05) is 5.75 Å². The van der Waals surface area contributed by atoms with Crippen molar-refractivity contribution in [3.63, 3.8) is 0 Å². The van der Waals surface area contributed by atoms with E-state index in [9.17, 15) is 13.2 Å². The van der Waals surface area contributed by atoms with Crippen LogP contribution >= 0.6 is 11.8 Å². The number of alkyl halides is 3. The third kappa shape index (κ3) is 5.14. The summed E-state index contributed by atoms with van der Waals surface area (Å²) in [6.07, 6.45) is -1.16. The first-order valence-corrected chi connectivity index (χ1v) is 11.4. The van der Waals surface area contributed by atoms with Gasteiger partial charge in [-0.25, -0.2) is 0 Å². The van der Waals surface area contributed by atoms with Gasteiger partial charge in [0.15, 0.2) is 11.0 Å². The lowest BCUT2D eigenvalue weighted by Gasteiger charge is -2.26. The Morgan fingerprint density at radius 3 is 2.38 bits per heavy atom. The smallest absolute Gasteiger partial charge is 0.296 e. The Hall–Kier alpha value is -2.83. The van der Waals surface area contributed by atoms with Crippen molar-refractivity contribution in [2.75, 3.05) is 13.1 Å². The molecule has 0 unspecified atom stereocenters. The summed E-state index contributed by atoms with van der Waals surface area (Å²) in [6, 6.07) is 14.8. The van der Waals surface area contributed by atoms with Gasteiger partial charge in [-0.2, -0.15) is 18.4 Å². The van der Waals surface area contributed by atoms with Crippen molar-refractivity contribution in [2.45, 2.75) is 42.9 Å². The summed E-state index contributed by atoms with van der Waals surface area (Å²) >= 11 is 1.33. The Morgan fingerprint density at radius 1 is 0.969 bits per heavy atom. The van der Waals surface area contributed by atoms with E-state index in [0.29, 0.717) is 28.8 Å². The topological polar surface area (TPSA) is 57.7 Å². The first-order chi connectivity index (χ1) is 15.5. The molecule has 1 aromatic heterocycles. The molecule has 0 N–H and O–H groups in total. The normalized spacial score (nSPS) is 14.9. The third-order valence-corrected chi connectivity index (χ3v) is 6.42. The zero-order chi connectivity index (χ0) is 22.6. The van der Waals surface area contributed by atoms with Crippen LogP contribution in [0.4, 0.5) is 13.2 Å². The highest BCUT2D eigenvalue weighted by Gasteiger charge is 2.35. The highest BCUT2D eigenvalue weighted by Crippen LogP contribution is 2.36. The monoisotopic (exact) mass is 457 g/mol. The van der Waals surface area contributed by atoms with Crippen molar-refractivity contribution in [2.24, 2.45) is 0 Å². The summed E-state index contributed by atoms with van der Waals surface area (Å²) in [6.45, 7) is 2.26. The molecule has 2 aromatic carbocycles. The molecule has 1 saturated heterocycles. The maximum Gasteiger partial charge on any atom is 0.418 e. The van der Waals surface area contributed by atoms with Gasteiger partial charge in [-0.15, -0.1) is 10.2 Å². The van der Waals surface area contributed by atoms with Crippen molar-refractivity contribution < 1.29 is 13.2 Å². The standard InChI is InChI=1S/C23H22F3N5S/c24-23(25,26)19-6-2-3-7-20(19)31-21(15-30-12-4-1-5-13-30)28-29-22(31)32-16-18-10-8-17(14-27)9-11-18/h2-3,6-11H,1,4-5,12-13,15-16H2. The largest absolute Gasteiger partial charge is 0.418 e. The number of para-hydroxylation sites is 1. The number of hydrogen-bond acceptors (Lipinski definition) is 5. The number of thioether (sulfide) groups is 1. The maximum atomic E-state index is 13.8. The summed E-state index contributed by atoms with van der Waals surface area (Å²) in [7, 11) is 0. The van der Waals surface area contributed by atoms with E-state index in [1.165, 1.54) is 30.3 Å². The fourth-order valence-corrected chi connectivity index (χ4v) is 4.71. The van der Waals surface area contributed by atoms with E-state index in [1.807, 2.05) is 12.1 Å². The Morgan fingerprint density at radius 2 is 1.69 bits per heavy atom. The lowest BCUT2D eigenvalue weighted by atomic mass is 10.1. The van der Waals surface area contributed by atoms with Crippen LogP contribution in [-0.4, -0.2) is 32.8 Å². The van der Waals surface area contributed by atoms with Crippen LogP contribution in [0.15, 0.2) is 53.7 Å². The molecule has 3 aromatic rings. The van der Waals surface area contributed by atoms with E-state index < -0.39 is 11.7 Å². The maximum absolute atomic E-state index is 13.8. The fourth-order valence-electron chi connectivity index (χ4n) is 3.79. The molecule has 5 nitrogen and oxygen atoms in total. The summed E-state index contributed by atoms with van der Waals surface area (Å²) < 4.78 is 42.9. The summed E-state index contributed by atoms with van der Waals surface area (Å²) in [4.78, 5) is 2.22. The summed E-state index contributed by atoms with van der Waals surface area (Å²) in [5, 5.41) is 17.9. The van der Waals surface area contributed by atoms with Crippen molar-refractivity contribution in [1.29, 1.82) is 5.26 Å². The average Bonchev–Trinajstić information content (AvgIpc) is 3.20. The molecule has 32 heavy (non-hydrogen) atoms. The number of piperidine rings is 1. The number of nitriles is 1. The van der Waals surface area contributed by atoms with E-state index in [0.717, 1.165) is 37.6 Å². The molecule has 1 fully saturated rings. The van der Waals surface area contributed by atoms with E-state index >= 15 is 0 Å².